The third-order valence-corrected chi connectivity index (χ3v) is 3.62. The van der Waals surface area contributed by atoms with Gasteiger partial charge in [-0.05, 0) is 63.5 Å². The summed E-state index contributed by atoms with van der Waals surface area (Å²) >= 11 is 0. The molecule has 2 aromatic rings. The van der Waals surface area contributed by atoms with Crippen molar-refractivity contribution >= 4 is 17.3 Å². The Balaban J connectivity index is 1.66. The minimum absolute atomic E-state index is 0.0531. The number of nitrogens with zero attached hydrogens (tertiary/aromatic N) is 1. The van der Waals surface area contributed by atoms with Crippen LogP contribution in [0.3, 0.4) is 0 Å². The van der Waals surface area contributed by atoms with E-state index in [2.05, 4.69) is 29.6 Å². The molecule has 0 unspecified atom stereocenters. The van der Waals surface area contributed by atoms with Gasteiger partial charge in [-0.2, -0.15) is 0 Å². The van der Waals surface area contributed by atoms with Gasteiger partial charge in [0.1, 0.15) is 5.75 Å². The molecule has 0 saturated carbocycles. The fraction of sp³-hybridized carbons (Fsp3) is 0.350. The van der Waals surface area contributed by atoms with E-state index in [-0.39, 0.29) is 5.91 Å². The molecule has 0 aliphatic carbocycles. The summed E-state index contributed by atoms with van der Waals surface area (Å²) in [5.41, 5.74) is 1.85. The van der Waals surface area contributed by atoms with E-state index in [4.69, 9.17) is 4.74 Å². The average Bonchev–Trinajstić information content (AvgIpc) is 2.61. The van der Waals surface area contributed by atoms with Crippen LogP contribution < -0.4 is 15.4 Å². The Bertz CT molecular complexity index is 627. The molecule has 0 aliphatic rings. The first kappa shape index (κ1) is 18.8. The summed E-state index contributed by atoms with van der Waals surface area (Å²) in [6.07, 6.45) is 1.41. The highest BCUT2D eigenvalue weighted by atomic mass is 16.5. The van der Waals surface area contributed by atoms with Gasteiger partial charge in [0.05, 0.1) is 13.0 Å². The molecule has 0 atom stereocenters. The molecule has 5 nitrogen and oxygen atoms in total. The lowest BCUT2D eigenvalue weighted by Crippen LogP contribution is -2.16. The van der Waals surface area contributed by atoms with E-state index in [1.165, 1.54) is 0 Å². The average molecular weight is 341 g/mol. The Morgan fingerprint density at radius 3 is 2.36 bits per heavy atom. The van der Waals surface area contributed by atoms with Crippen LogP contribution in [0.4, 0.5) is 11.4 Å². The predicted octanol–water partition coefficient (Wildman–Crippen LogP) is 3.46. The fourth-order valence-corrected chi connectivity index (χ4v) is 2.30. The van der Waals surface area contributed by atoms with Crippen LogP contribution >= 0.6 is 0 Å². The van der Waals surface area contributed by atoms with Gasteiger partial charge in [0.2, 0.25) is 5.91 Å². The third kappa shape index (κ3) is 7.72. The van der Waals surface area contributed by atoms with Crippen LogP contribution in [0.5, 0.6) is 5.75 Å². The molecular weight excluding hydrogens is 314 g/mol. The molecule has 2 rings (SSSR count). The van der Waals surface area contributed by atoms with E-state index < -0.39 is 0 Å². The van der Waals surface area contributed by atoms with E-state index >= 15 is 0 Å². The standard InChI is InChI=1S/C20H27N3O2/c1-23(2)15-6-14-21-17-9-11-18(12-10-17)22-20(24)13-16-25-19-7-4-3-5-8-19/h3-5,7-12,21H,6,13-16H2,1-2H3,(H,22,24). The maximum atomic E-state index is 12.0. The maximum absolute atomic E-state index is 12.0. The number of anilines is 2. The van der Waals surface area contributed by atoms with Gasteiger partial charge in [-0.15, -0.1) is 0 Å². The van der Waals surface area contributed by atoms with Crippen molar-refractivity contribution in [1.82, 2.24) is 4.90 Å². The molecule has 134 valence electrons. The number of ether oxygens (including phenoxy) is 1. The normalized spacial score (nSPS) is 10.5. The Hall–Kier alpha value is -2.53. The molecule has 2 N–H and O–H groups in total. The van der Waals surface area contributed by atoms with Crippen molar-refractivity contribution in [1.29, 1.82) is 0 Å². The van der Waals surface area contributed by atoms with Crippen molar-refractivity contribution < 1.29 is 9.53 Å². The maximum Gasteiger partial charge on any atom is 0.227 e. The van der Waals surface area contributed by atoms with Crippen molar-refractivity contribution in [3.05, 3.63) is 54.6 Å². The summed E-state index contributed by atoms with van der Waals surface area (Å²) in [7, 11) is 4.14. The van der Waals surface area contributed by atoms with Crippen LogP contribution in [0.15, 0.2) is 54.6 Å². The Labute approximate surface area is 150 Å². The number of rotatable bonds is 10. The van der Waals surface area contributed by atoms with Gasteiger partial charge >= 0.3 is 0 Å². The zero-order valence-electron chi connectivity index (χ0n) is 15.0. The minimum Gasteiger partial charge on any atom is -0.493 e. The number of carbonyl (C=O) groups is 1. The van der Waals surface area contributed by atoms with Gasteiger partial charge < -0.3 is 20.3 Å². The molecule has 0 aliphatic heterocycles. The van der Waals surface area contributed by atoms with Crippen LogP contribution in [0.2, 0.25) is 0 Å². The number of benzene rings is 2. The van der Waals surface area contributed by atoms with Crippen molar-refractivity contribution in [2.75, 3.05) is 44.4 Å². The molecule has 0 fully saturated rings. The van der Waals surface area contributed by atoms with Crippen LogP contribution in [0.1, 0.15) is 12.8 Å². The monoisotopic (exact) mass is 341 g/mol. The lowest BCUT2D eigenvalue weighted by molar-refractivity contribution is -0.116. The summed E-state index contributed by atoms with van der Waals surface area (Å²) in [5, 5.41) is 6.26. The van der Waals surface area contributed by atoms with Crippen molar-refractivity contribution in [2.45, 2.75) is 12.8 Å². The number of carbonyl (C=O) groups excluding carboxylic acids is 1. The number of hydrogen-bond acceptors (Lipinski definition) is 4. The first-order valence-corrected chi connectivity index (χ1v) is 8.60. The van der Waals surface area contributed by atoms with Crippen molar-refractivity contribution in [3.8, 4) is 5.75 Å². The molecule has 25 heavy (non-hydrogen) atoms. The summed E-state index contributed by atoms with van der Waals surface area (Å²) in [6.45, 7) is 2.36. The fourth-order valence-electron chi connectivity index (χ4n) is 2.30. The van der Waals surface area contributed by atoms with E-state index in [0.717, 1.165) is 36.6 Å². The van der Waals surface area contributed by atoms with Crippen LogP contribution in [0, 0.1) is 0 Å². The summed E-state index contributed by atoms with van der Waals surface area (Å²) < 4.78 is 5.53. The lowest BCUT2D eigenvalue weighted by atomic mass is 10.2. The molecule has 2 aromatic carbocycles. The second-order valence-electron chi connectivity index (χ2n) is 6.12. The molecule has 0 aromatic heterocycles. The van der Waals surface area contributed by atoms with E-state index in [1.807, 2.05) is 54.6 Å². The summed E-state index contributed by atoms with van der Waals surface area (Å²) in [5.74, 6) is 0.725. The molecule has 1 amide bonds. The molecule has 0 saturated heterocycles. The second-order valence-corrected chi connectivity index (χ2v) is 6.12. The highest BCUT2D eigenvalue weighted by molar-refractivity contribution is 5.90. The van der Waals surface area contributed by atoms with Crippen LogP contribution in [0.25, 0.3) is 0 Å². The third-order valence-electron chi connectivity index (χ3n) is 3.62. The topological polar surface area (TPSA) is 53.6 Å². The SMILES string of the molecule is CN(C)CCCNc1ccc(NC(=O)CCOc2ccccc2)cc1. The molecular formula is C20H27N3O2. The Morgan fingerprint density at radius 1 is 1.00 bits per heavy atom. The van der Waals surface area contributed by atoms with Gasteiger partial charge in [0, 0.05) is 17.9 Å². The first-order valence-electron chi connectivity index (χ1n) is 8.60. The molecule has 0 radical (unpaired) electrons. The number of nitrogens with one attached hydrogen (secondary N) is 2. The Kier molecular flexibility index (Phi) is 7.79. The van der Waals surface area contributed by atoms with Gasteiger partial charge in [-0.25, -0.2) is 0 Å². The molecule has 0 heterocycles. The summed E-state index contributed by atoms with van der Waals surface area (Å²) in [4.78, 5) is 14.1. The minimum atomic E-state index is -0.0531. The van der Waals surface area contributed by atoms with E-state index in [0.29, 0.717) is 13.0 Å². The smallest absolute Gasteiger partial charge is 0.227 e. The van der Waals surface area contributed by atoms with Crippen LogP contribution in [-0.2, 0) is 4.79 Å². The largest absolute Gasteiger partial charge is 0.493 e. The zero-order valence-corrected chi connectivity index (χ0v) is 15.0. The van der Waals surface area contributed by atoms with E-state index in [9.17, 15) is 4.79 Å². The number of para-hydroxylation sites is 1. The van der Waals surface area contributed by atoms with Gasteiger partial charge in [0.15, 0.2) is 0 Å². The van der Waals surface area contributed by atoms with Crippen molar-refractivity contribution in [3.63, 3.8) is 0 Å². The molecule has 0 spiro atoms. The second kappa shape index (κ2) is 10.4. The van der Waals surface area contributed by atoms with Gasteiger partial charge in [0.25, 0.3) is 0 Å². The zero-order chi connectivity index (χ0) is 17.9. The molecule has 0 bridgehead atoms. The number of hydrogen-bond donors (Lipinski definition) is 2. The van der Waals surface area contributed by atoms with Crippen molar-refractivity contribution in [2.24, 2.45) is 0 Å². The Morgan fingerprint density at radius 2 is 1.68 bits per heavy atom. The summed E-state index contributed by atoms with van der Waals surface area (Å²) in [6, 6.07) is 17.3. The van der Waals surface area contributed by atoms with E-state index in [1.54, 1.807) is 0 Å². The number of amides is 1. The molecule has 5 heteroatoms. The quantitative estimate of drug-likeness (QED) is 0.650. The predicted molar refractivity (Wildman–Crippen MR) is 103 cm³/mol. The van der Waals surface area contributed by atoms with Gasteiger partial charge in [-0.1, -0.05) is 18.2 Å². The van der Waals surface area contributed by atoms with Gasteiger partial charge in [-0.3, -0.25) is 4.79 Å². The first-order chi connectivity index (χ1) is 12.1. The van der Waals surface area contributed by atoms with Crippen LogP contribution in [-0.4, -0.2) is 44.6 Å². The highest BCUT2D eigenvalue weighted by Gasteiger charge is 2.03. The highest BCUT2D eigenvalue weighted by Crippen LogP contribution is 2.14. The lowest BCUT2D eigenvalue weighted by Gasteiger charge is -2.11.